The molecule has 0 saturated carbocycles. The van der Waals surface area contributed by atoms with Gasteiger partial charge in [0.1, 0.15) is 5.76 Å². The number of nitrogens with one attached hydrogen (secondary N) is 2. The van der Waals surface area contributed by atoms with Crippen LogP contribution in [0.25, 0.3) is 0 Å². The van der Waals surface area contributed by atoms with Crippen molar-refractivity contribution in [1.29, 1.82) is 0 Å². The fourth-order valence-electron chi connectivity index (χ4n) is 4.55. The molecule has 2 aromatic rings. The molecular weight excluding hydrogens is 529 g/mol. The van der Waals surface area contributed by atoms with E-state index < -0.39 is 0 Å². The summed E-state index contributed by atoms with van der Waals surface area (Å²) in [6.45, 7) is 7.87. The topological polar surface area (TPSA) is 73.1 Å². The number of amides is 1. The van der Waals surface area contributed by atoms with Gasteiger partial charge >= 0.3 is 0 Å². The zero-order valence-corrected chi connectivity index (χ0v) is 21.8. The molecule has 1 atom stereocenters. The molecule has 1 aromatic carbocycles. The van der Waals surface area contributed by atoms with Crippen LogP contribution in [0.3, 0.4) is 0 Å². The summed E-state index contributed by atoms with van der Waals surface area (Å²) in [5.41, 5.74) is 2.54. The van der Waals surface area contributed by atoms with E-state index in [1.165, 1.54) is 24.0 Å². The molecule has 1 amide bonds. The lowest BCUT2D eigenvalue weighted by Gasteiger charge is -2.24. The van der Waals surface area contributed by atoms with Crippen LogP contribution in [0.2, 0.25) is 0 Å². The van der Waals surface area contributed by atoms with Gasteiger partial charge in [0.05, 0.1) is 18.8 Å². The monoisotopic (exact) mass is 565 g/mol. The van der Waals surface area contributed by atoms with E-state index in [0.29, 0.717) is 19.5 Å². The number of likely N-dealkylation sites (tertiary alicyclic amines) is 1. The van der Waals surface area contributed by atoms with Crippen molar-refractivity contribution in [2.45, 2.75) is 51.7 Å². The number of halogens is 1. The van der Waals surface area contributed by atoms with Crippen LogP contribution in [-0.4, -0.2) is 54.4 Å². The molecule has 3 heterocycles. The number of fused-ring (bicyclic) bond motifs is 1. The maximum atomic E-state index is 12.6. The minimum Gasteiger partial charge on any atom is -0.468 e. The smallest absolute Gasteiger partial charge is 0.223 e. The maximum absolute atomic E-state index is 12.6. The zero-order chi connectivity index (χ0) is 22.2. The first kappa shape index (κ1) is 25.6. The van der Waals surface area contributed by atoms with E-state index in [0.717, 1.165) is 50.9 Å². The van der Waals surface area contributed by atoms with Gasteiger partial charge in [0.15, 0.2) is 5.96 Å². The number of carbonyl (C=O) groups excluding carboxylic acids is 1. The van der Waals surface area contributed by atoms with Gasteiger partial charge in [0.2, 0.25) is 5.91 Å². The van der Waals surface area contributed by atoms with E-state index >= 15 is 0 Å². The van der Waals surface area contributed by atoms with Gasteiger partial charge in [0, 0.05) is 32.6 Å². The standard InChI is InChI=1S/C25H35N5O2.HI/c1-2-26-25(28-17-22(23-11-8-16-32-23)29-14-5-6-15-29)27-13-7-12-24(31)30-18-20-9-3-4-10-21(20)19-30;/h3-4,8-11,16,22H,2,5-7,12-15,17-19H2,1H3,(H2,26,27,28);1H. The minimum atomic E-state index is 0. The Morgan fingerprint density at radius 1 is 1.09 bits per heavy atom. The first-order chi connectivity index (χ1) is 15.7. The summed E-state index contributed by atoms with van der Waals surface area (Å²) in [5, 5.41) is 6.72. The van der Waals surface area contributed by atoms with E-state index in [-0.39, 0.29) is 35.9 Å². The third-order valence-corrected chi connectivity index (χ3v) is 6.27. The van der Waals surface area contributed by atoms with Crippen LogP contribution in [0.5, 0.6) is 0 Å². The number of guanidine groups is 1. The molecular formula is C25H36IN5O2. The Hall–Kier alpha value is -2.07. The molecule has 0 radical (unpaired) electrons. The highest BCUT2D eigenvalue weighted by molar-refractivity contribution is 14.0. The fraction of sp³-hybridized carbons (Fsp3) is 0.520. The molecule has 1 aromatic heterocycles. The normalized spacial score (nSPS) is 16.9. The molecule has 0 bridgehead atoms. The Morgan fingerprint density at radius 2 is 1.82 bits per heavy atom. The molecule has 2 aliphatic heterocycles. The van der Waals surface area contributed by atoms with Crippen LogP contribution in [-0.2, 0) is 17.9 Å². The number of rotatable bonds is 9. The minimum absolute atomic E-state index is 0. The maximum Gasteiger partial charge on any atom is 0.223 e. The summed E-state index contributed by atoms with van der Waals surface area (Å²) in [4.78, 5) is 21.9. The summed E-state index contributed by atoms with van der Waals surface area (Å²) in [6.07, 6.45) is 5.53. The molecule has 180 valence electrons. The van der Waals surface area contributed by atoms with Crippen molar-refractivity contribution >= 4 is 35.8 Å². The number of hydrogen-bond donors (Lipinski definition) is 2. The Bertz CT molecular complexity index is 871. The average molecular weight is 566 g/mol. The van der Waals surface area contributed by atoms with Crippen LogP contribution >= 0.6 is 24.0 Å². The van der Waals surface area contributed by atoms with Gasteiger partial charge in [-0.05, 0) is 62.5 Å². The second-order valence-corrected chi connectivity index (χ2v) is 8.54. The highest BCUT2D eigenvalue weighted by atomic mass is 127. The first-order valence-electron chi connectivity index (χ1n) is 11.9. The molecule has 8 heteroatoms. The van der Waals surface area contributed by atoms with E-state index in [9.17, 15) is 4.79 Å². The molecule has 1 unspecified atom stereocenters. The van der Waals surface area contributed by atoms with Crippen molar-refractivity contribution in [1.82, 2.24) is 20.4 Å². The van der Waals surface area contributed by atoms with Crippen LogP contribution in [0, 0.1) is 0 Å². The average Bonchev–Trinajstić information content (AvgIpc) is 3.58. The van der Waals surface area contributed by atoms with Gasteiger partial charge in [-0.15, -0.1) is 24.0 Å². The van der Waals surface area contributed by atoms with Crippen molar-refractivity contribution in [3.8, 4) is 0 Å². The van der Waals surface area contributed by atoms with Crippen LogP contribution in [0.4, 0.5) is 0 Å². The Labute approximate surface area is 214 Å². The molecule has 0 spiro atoms. The fourth-order valence-corrected chi connectivity index (χ4v) is 4.55. The predicted octanol–water partition coefficient (Wildman–Crippen LogP) is 3.91. The Morgan fingerprint density at radius 3 is 2.45 bits per heavy atom. The molecule has 2 aliphatic rings. The van der Waals surface area contributed by atoms with Gasteiger partial charge in [-0.2, -0.15) is 0 Å². The molecule has 1 saturated heterocycles. The Balaban J connectivity index is 0.00000306. The third kappa shape index (κ3) is 6.96. The third-order valence-electron chi connectivity index (χ3n) is 6.27. The van der Waals surface area contributed by atoms with Gasteiger partial charge in [-0.25, -0.2) is 0 Å². The van der Waals surface area contributed by atoms with Crippen molar-refractivity contribution in [2.24, 2.45) is 4.99 Å². The largest absolute Gasteiger partial charge is 0.468 e. The summed E-state index contributed by atoms with van der Waals surface area (Å²) in [5.74, 6) is 1.99. The van der Waals surface area contributed by atoms with Crippen LogP contribution < -0.4 is 10.6 Å². The van der Waals surface area contributed by atoms with E-state index in [1.54, 1.807) is 6.26 Å². The molecule has 0 aliphatic carbocycles. The first-order valence-corrected chi connectivity index (χ1v) is 11.9. The van der Waals surface area contributed by atoms with Gasteiger partial charge in [-0.3, -0.25) is 14.7 Å². The number of benzene rings is 1. The van der Waals surface area contributed by atoms with Crippen molar-refractivity contribution in [3.05, 3.63) is 59.5 Å². The molecule has 1 fully saturated rings. The van der Waals surface area contributed by atoms with Crippen molar-refractivity contribution in [3.63, 3.8) is 0 Å². The second-order valence-electron chi connectivity index (χ2n) is 8.54. The molecule has 7 nitrogen and oxygen atoms in total. The van der Waals surface area contributed by atoms with Crippen molar-refractivity contribution < 1.29 is 9.21 Å². The van der Waals surface area contributed by atoms with Gasteiger partial charge in [-0.1, -0.05) is 24.3 Å². The lowest BCUT2D eigenvalue weighted by Crippen LogP contribution is -2.39. The quantitative estimate of drug-likeness (QED) is 0.209. The number of hydrogen-bond acceptors (Lipinski definition) is 4. The molecule has 33 heavy (non-hydrogen) atoms. The number of carbonyl (C=O) groups is 1. The molecule has 2 N–H and O–H groups in total. The SMILES string of the molecule is CCNC(=NCC(c1ccco1)N1CCCC1)NCCCC(=O)N1Cc2ccccc2C1.I. The highest BCUT2D eigenvalue weighted by Gasteiger charge is 2.25. The van der Waals surface area contributed by atoms with E-state index in [4.69, 9.17) is 9.41 Å². The van der Waals surface area contributed by atoms with Gasteiger partial charge < -0.3 is 20.0 Å². The predicted molar refractivity (Wildman–Crippen MR) is 142 cm³/mol. The lowest BCUT2D eigenvalue weighted by molar-refractivity contribution is -0.131. The Kier molecular flexibility index (Phi) is 10.1. The summed E-state index contributed by atoms with van der Waals surface area (Å²) < 4.78 is 5.70. The number of furan rings is 1. The van der Waals surface area contributed by atoms with Crippen molar-refractivity contribution in [2.75, 3.05) is 32.7 Å². The van der Waals surface area contributed by atoms with E-state index in [1.807, 2.05) is 29.2 Å². The van der Waals surface area contributed by atoms with E-state index in [2.05, 4.69) is 34.6 Å². The molecule has 4 rings (SSSR count). The summed E-state index contributed by atoms with van der Waals surface area (Å²) >= 11 is 0. The lowest BCUT2D eigenvalue weighted by atomic mass is 10.1. The summed E-state index contributed by atoms with van der Waals surface area (Å²) in [7, 11) is 0. The van der Waals surface area contributed by atoms with Crippen LogP contribution in [0.15, 0.2) is 52.1 Å². The summed E-state index contributed by atoms with van der Waals surface area (Å²) in [6, 6.07) is 12.5. The van der Waals surface area contributed by atoms with Gasteiger partial charge in [0.25, 0.3) is 0 Å². The number of aliphatic imine (C=N–C) groups is 1. The zero-order valence-electron chi connectivity index (χ0n) is 19.5. The second kappa shape index (κ2) is 13.0. The van der Waals surface area contributed by atoms with Crippen LogP contribution in [0.1, 0.15) is 55.5 Å². The number of nitrogens with zero attached hydrogens (tertiary/aromatic N) is 3. The highest BCUT2D eigenvalue weighted by Crippen LogP contribution is 2.26.